The molecule has 0 radical (unpaired) electrons. The molecule has 14 heteroatoms. The van der Waals surface area contributed by atoms with Gasteiger partial charge in [0.15, 0.2) is 6.39 Å². The van der Waals surface area contributed by atoms with Gasteiger partial charge in [0.1, 0.15) is 5.75 Å². The van der Waals surface area contributed by atoms with Gasteiger partial charge in [0.05, 0.1) is 6.20 Å². The van der Waals surface area contributed by atoms with Crippen LogP contribution in [0.25, 0.3) is 34.2 Å². The minimum atomic E-state index is -4.75. The average Bonchev–Trinajstić information content (AvgIpc) is 3.77. The summed E-state index contributed by atoms with van der Waals surface area (Å²) in [6, 6.07) is 21.5. The summed E-state index contributed by atoms with van der Waals surface area (Å²) in [4.78, 5) is 3.85. The van der Waals surface area contributed by atoms with Crippen LogP contribution in [0.3, 0.4) is 0 Å². The number of hydrogen-bond donors (Lipinski definition) is 0. The highest BCUT2D eigenvalue weighted by Crippen LogP contribution is 2.32. The first-order valence-corrected chi connectivity index (χ1v) is 14.2. The van der Waals surface area contributed by atoms with Crippen molar-refractivity contribution < 1.29 is 31.2 Å². The van der Waals surface area contributed by atoms with Gasteiger partial charge in [-0.2, -0.15) is 0 Å². The maximum absolute atomic E-state index is 12.5. The van der Waals surface area contributed by atoms with Crippen molar-refractivity contribution in [2.24, 2.45) is 0 Å². The van der Waals surface area contributed by atoms with E-state index < -0.39 is 6.36 Å². The van der Waals surface area contributed by atoms with Gasteiger partial charge >= 0.3 is 6.36 Å². The molecule has 0 saturated carbocycles. The van der Waals surface area contributed by atoms with E-state index in [-0.39, 0.29) is 11.6 Å². The van der Waals surface area contributed by atoms with E-state index in [1.807, 2.05) is 42.5 Å². The minimum absolute atomic E-state index is 0.271. The molecule has 3 heterocycles. The molecule has 9 nitrogen and oxygen atoms in total. The molecule has 42 heavy (non-hydrogen) atoms. The maximum atomic E-state index is 12.5. The van der Waals surface area contributed by atoms with Gasteiger partial charge in [-0.15, -0.1) is 33.6 Å². The number of oxazole rings is 1. The first-order chi connectivity index (χ1) is 20.4. The molecule has 3 aromatic carbocycles. The maximum Gasteiger partial charge on any atom is 0.573 e. The molecule has 0 unspecified atom stereocenters. The van der Waals surface area contributed by atoms with Crippen LogP contribution in [0.4, 0.5) is 13.2 Å². The predicted molar refractivity (Wildman–Crippen MR) is 147 cm³/mol. The fourth-order valence-corrected chi connectivity index (χ4v) is 5.28. The Morgan fingerprint density at radius 1 is 0.690 bits per heavy atom. The molecular formula is C28H18F3N5O4S2. The van der Waals surface area contributed by atoms with Crippen LogP contribution in [0.15, 0.2) is 109 Å². The highest BCUT2D eigenvalue weighted by atomic mass is 32.2. The molecule has 0 aliphatic rings. The standard InChI is InChI=1S/C28H18F3N5O4S2/c29-28(30,31)40-22-9-2-5-18(11-22)15-42-26-35-33-24(38-26)21-8-3-7-20(12-21)19-6-1-4-17(10-19)14-41-27-36-34-25(39-27)23-13-32-16-37-23/h1-13,16H,14-15H2. The zero-order valence-electron chi connectivity index (χ0n) is 21.3. The van der Waals surface area contributed by atoms with Crippen LogP contribution >= 0.6 is 23.5 Å². The van der Waals surface area contributed by atoms with Gasteiger partial charge in [-0.3, -0.25) is 0 Å². The Morgan fingerprint density at radius 3 is 2.02 bits per heavy atom. The van der Waals surface area contributed by atoms with Crippen LogP contribution in [-0.2, 0) is 11.5 Å². The van der Waals surface area contributed by atoms with Crippen molar-refractivity contribution in [3.05, 3.63) is 96.5 Å². The van der Waals surface area contributed by atoms with Crippen molar-refractivity contribution in [3.8, 4) is 40.0 Å². The lowest BCUT2D eigenvalue weighted by Crippen LogP contribution is -2.17. The highest BCUT2D eigenvalue weighted by Gasteiger charge is 2.31. The third-order valence-corrected chi connectivity index (χ3v) is 7.46. The van der Waals surface area contributed by atoms with E-state index in [1.54, 1.807) is 6.07 Å². The van der Waals surface area contributed by atoms with Gasteiger partial charge in [-0.1, -0.05) is 72.1 Å². The summed E-state index contributed by atoms with van der Waals surface area (Å²) in [5.41, 5.74) is 4.37. The zero-order valence-corrected chi connectivity index (χ0v) is 22.9. The molecule has 0 spiro atoms. The quantitative estimate of drug-likeness (QED) is 0.141. The summed E-state index contributed by atoms with van der Waals surface area (Å²) < 4.78 is 58.2. The van der Waals surface area contributed by atoms with Crippen molar-refractivity contribution >= 4 is 23.5 Å². The molecule has 0 aliphatic carbocycles. The lowest BCUT2D eigenvalue weighted by atomic mass is 10.0. The van der Waals surface area contributed by atoms with Crippen LogP contribution in [0.2, 0.25) is 0 Å². The molecule has 0 amide bonds. The van der Waals surface area contributed by atoms with Gasteiger partial charge in [0.25, 0.3) is 16.3 Å². The third-order valence-electron chi connectivity index (χ3n) is 5.68. The highest BCUT2D eigenvalue weighted by molar-refractivity contribution is 7.98. The predicted octanol–water partition coefficient (Wildman–Crippen LogP) is 7.92. The van der Waals surface area contributed by atoms with Crippen LogP contribution in [0, 0.1) is 0 Å². The first-order valence-electron chi connectivity index (χ1n) is 12.2. The van der Waals surface area contributed by atoms with Gasteiger partial charge in [0, 0.05) is 17.1 Å². The van der Waals surface area contributed by atoms with Crippen LogP contribution < -0.4 is 4.74 Å². The SMILES string of the molecule is FC(F)(F)Oc1cccc(CSc2nnc(-c3cccc(-c4cccc(CSc5nnc(-c6cnco6)o5)c4)c3)o2)c1. The van der Waals surface area contributed by atoms with E-state index in [0.29, 0.717) is 39.2 Å². The fourth-order valence-electron chi connectivity index (χ4n) is 3.87. The molecule has 0 saturated heterocycles. The topological polar surface area (TPSA) is 113 Å². The number of aromatic nitrogens is 5. The molecule has 6 aromatic rings. The molecule has 3 aromatic heterocycles. The Bertz CT molecular complexity index is 1790. The molecule has 0 bridgehead atoms. The van der Waals surface area contributed by atoms with Crippen molar-refractivity contribution in [1.29, 1.82) is 0 Å². The number of rotatable bonds is 10. The van der Waals surface area contributed by atoms with E-state index in [2.05, 4.69) is 36.2 Å². The minimum Gasteiger partial charge on any atom is -0.438 e. The lowest BCUT2D eigenvalue weighted by molar-refractivity contribution is -0.274. The average molecular weight is 610 g/mol. The number of benzene rings is 3. The van der Waals surface area contributed by atoms with Crippen LogP contribution in [0.5, 0.6) is 5.75 Å². The van der Waals surface area contributed by atoms with E-state index in [9.17, 15) is 13.2 Å². The summed E-state index contributed by atoms with van der Waals surface area (Å²) in [5.74, 6) is 1.67. The van der Waals surface area contributed by atoms with Gasteiger partial charge in [0.2, 0.25) is 11.7 Å². The number of hydrogen-bond acceptors (Lipinski definition) is 11. The largest absolute Gasteiger partial charge is 0.573 e. The second-order valence-corrected chi connectivity index (χ2v) is 10.5. The second-order valence-electron chi connectivity index (χ2n) is 8.67. The molecule has 0 fully saturated rings. The summed E-state index contributed by atoms with van der Waals surface area (Å²) in [6.07, 6.45) is -1.94. The normalized spacial score (nSPS) is 11.6. The third kappa shape index (κ3) is 7.01. The van der Waals surface area contributed by atoms with Crippen LogP contribution in [0.1, 0.15) is 11.1 Å². The Morgan fingerprint density at radius 2 is 1.31 bits per heavy atom. The van der Waals surface area contributed by atoms with E-state index >= 15 is 0 Å². The summed E-state index contributed by atoms with van der Waals surface area (Å²) in [7, 11) is 0. The summed E-state index contributed by atoms with van der Waals surface area (Å²) >= 11 is 2.63. The van der Waals surface area contributed by atoms with Crippen LogP contribution in [-0.4, -0.2) is 31.7 Å². The van der Waals surface area contributed by atoms with Gasteiger partial charge in [-0.05, 0) is 46.5 Å². The molecule has 212 valence electrons. The number of halogens is 3. The number of ether oxygens (including phenoxy) is 1. The zero-order chi connectivity index (χ0) is 28.9. The molecular weight excluding hydrogens is 591 g/mol. The molecule has 0 aliphatic heterocycles. The molecule has 6 rings (SSSR count). The Balaban J connectivity index is 1.10. The van der Waals surface area contributed by atoms with E-state index in [0.717, 1.165) is 22.3 Å². The number of nitrogens with zero attached hydrogens (tertiary/aromatic N) is 5. The lowest BCUT2D eigenvalue weighted by Gasteiger charge is -2.09. The summed E-state index contributed by atoms with van der Waals surface area (Å²) in [6.45, 7) is 0. The Labute approximate surface area is 244 Å². The van der Waals surface area contributed by atoms with Crippen molar-refractivity contribution in [3.63, 3.8) is 0 Å². The number of alkyl halides is 3. The molecule has 0 N–H and O–H groups in total. The first kappa shape index (κ1) is 27.6. The Hall–Kier alpha value is -4.56. The summed E-state index contributed by atoms with van der Waals surface area (Å²) in [5, 5.41) is 17.0. The number of thioether (sulfide) groups is 2. The smallest absolute Gasteiger partial charge is 0.438 e. The Kier molecular flexibility index (Phi) is 7.97. The second kappa shape index (κ2) is 12.1. The van der Waals surface area contributed by atoms with Crippen molar-refractivity contribution in [2.45, 2.75) is 28.3 Å². The van der Waals surface area contributed by atoms with Crippen molar-refractivity contribution in [2.75, 3.05) is 0 Å². The molecule has 0 atom stereocenters. The van der Waals surface area contributed by atoms with E-state index in [1.165, 1.54) is 54.3 Å². The van der Waals surface area contributed by atoms with Gasteiger partial charge in [-0.25, -0.2) is 4.98 Å². The fraction of sp³-hybridized carbons (Fsp3) is 0.107. The van der Waals surface area contributed by atoms with Gasteiger partial charge < -0.3 is 18.0 Å². The van der Waals surface area contributed by atoms with Crippen molar-refractivity contribution in [1.82, 2.24) is 25.4 Å². The monoisotopic (exact) mass is 609 g/mol. The van der Waals surface area contributed by atoms with E-state index in [4.69, 9.17) is 13.3 Å².